The van der Waals surface area contributed by atoms with E-state index in [9.17, 15) is 13.2 Å². The van der Waals surface area contributed by atoms with Crippen LogP contribution in [0.4, 0.5) is 0 Å². The Morgan fingerprint density at radius 1 is 1.11 bits per heavy atom. The van der Waals surface area contributed by atoms with Crippen LogP contribution in [0, 0.1) is 0 Å². The smallest absolute Gasteiger partial charge is 0.337 e. The van der Waals surface area contributed by atoms with Crippen molar-refractivity contribution in [3.8, 4) is 5.75 Å². The van der Waals surface area contributed by atoms with Gasteiger partial charge in [0.05, 0.1) is 23.7 Å². The van der Waals surface area contributed by atoms with E-state index in [1.807, 2.05) is 38.1 Å². The van der Waals surface area contributed by atoms with Crippen molar-refractivity contribution >= 4 is 16.0 Å². The van der Waals surface area contributed by atoms with E-state index >= 15 is 0 Å². The van der Waals surface area contributed by atoms with E-state index in [4.69, 9.17) is 4.74 Å². The van der Waals surface area contributed by atoms with Crippen molar-refractivity contribution in [1.29, 1.82) is 0 Å². The number of sulfonamides is 1. The molecule has 0 unspecified atom stereocenters. The Bertz CT molecular complexity index is 877. The molecule has 2 aromatic carbocycles. The van der Waals surface area contributed by atoms with Gasteiger partial charge in [-0.2, -0.15) is 0 Å². The Morgan fingerprint density at radius 3 is 2.56 bits per heavy atom. The average Bonchev–Trinajstić information content (AvgIpc) is 2.64. The molecule has 0 aromatic heterocycles. The summed E-state index contributed by atoms with van der Waals surface area (Å²) in [5, 5.41) is 0. The van der Waals surface area contributed by atoms with Crippen LogP contribution >= 0.6 is 0 Å². The summed E-state index contributed by atoms with van der Waals surface area (Å²) in [5.74, 6) is 0.234. The highest BCUT2D eigenvalue weighted by Gasteiger charge is 2.16. The fraction of sp³-hybridized carbons (Fsp3) is 0.350. The van der Waals surface area contributed by atoms with Crippen LogP contribution in [0.2, 0.25) is 0 Å². The van der Waals surface area contributed by atoms with E-state index in [1.165, 1.54) is 31.4 Å². The molecule has 0 spiro atoms. The monoisotopic (exact) mass is 391 g/mol. The second-order valence-electron chi connectivity index (χ2n) is 6.33. The Balaban J connectivity index is 1.92. The van der Waals surface area contributed by atoms with Crippen molar-refractivity contribution in [3.05, 3.63) is 59.7 Å². The summed E-state index contributed by atoms with van der Waals surface area (Å²) >= 11 is 0. The zero-order chi connectivity index (χ0) is 19.9. The summed E-state index contributed by atoms with van der Waals surface area (Å²) < 4.78 is 37.6. The van der Waals surface area contributed by atoms with Gasteiger partial charge in [-0.05, 0) is 62.6 Å². The van der Waals surface area contributed by atoms with Gasteiger partial charge in [0.25, 0.3) is 0 Å². The Kier molecular flexibility index (Phi) is 7.38. The van der Waals surface area contributed by atoms with Gasteiger partial charge in [0, 0.05) is 6.54 Å². The minimum atomic E-state index is -3.69. The molecule has 1 N–H and O–H groups in total. The van der Waals surface area contributed by atoms with Crippen LogP contribution in [-0.2, 0) is 21.2 Å². The molecule has 0 heterocycles. The Labute approximate surface area is 160 Å². The minimum Gasteiger partial charge on any atom is -0.491 e. The topological polar surface area (TPSA) is 81.7 Å². The standard InChI is InChI=1S/C20H25NO5S/c1-15(2)26-18-10-4-7-16(13-18)8-6-12-21-27(23,24)19-11-5-9-17(14-19)20(22)25-3/h4-5,7,9-11,13-15,21H,6,8,12H2,1-3H3. The van der Waals surface area contributed by atoms with Crippen molar-refractivity contribution in [1.82, 2.24) is 4.72 Å². The van der Waals surface area contributed by atoms with Gasteiger partial charge in [-0.1, -0.05) is 18.2 Å². The van der Waals surface area contributed by atoms with Crippen LogP contribution in [-0.4, -0.2) is 34.1 Å². The number of hydrogen-bond donors (Lipinski definition) is 1. The quantitative estimate of drug-likeness (QED) is 0.524. The first-order chi connectivity index (χ1) is 12.8. The lowest BCUT2D eigenvalue weighted by Gasteiger charge is -2.11. The molecule has 7 heteroatoms. The maximum Gasteiger partial charge on any atom is 0.337 e. The molecule has 0 bridgehead atoms. The predicted octanol–water partition coefficient (Wildman–Crippen LogP) is 3.17. The first kappa shape index (κ1) is 20.9. The van der Waals surface area contributed by atoms with Gasteiger partial charge in [0.2, 0.25) is 10.0 Å². The van der Waals surface area contributed by atoms with Crippen molar-refractivity contribution in [2.24, 2.45) is 0 Å². The largest absolute Gasteiger partial charge is 0.491 e. The number of aryl methyl sites for hydroxylation is 1. The summed E-state index contributed by atoms with van der Waals surface area (Å²) in [6.07, 6.45) is 1.47. The third-order valence-electron chi connectivity index (χ3n) is 3.77. The predicted molar refractivity (Wildman–Crippen MR) is 103 cm³/mol. The summed E-state index contributed by atoms with van der Waals surface area (Å²) in [6.45, 7) is 4.23. The van der Waals surface area contributed by atoms with Crippen molar-refractivity contribution in [3.63, 3.8) is 0 Å². The molecule has 0 fully saturated rings. The molecule has 6 nitrogen and oxygen atoms in total. The van der Waals surface area contributed by atoms with Crippen molar-refractivity contribution in [2.45, 2.75) is 37.7 Å². The highest BCUT2D eigenvalue weighted by molar-refractivity contribution is 7.89. The van der Waals surface area contributed by atoms with Crippen molar-refractivity contribution in [2.75, 3.05) is 13.7 Å². The van der Waals surface area contributed by atoms with E-state index in [2.05, 4.69) is 9.46 Å². The number of hydrogen-bond acceptors (Lipinski definition) is 5. The van der Waals surface area contributed by atoms with E-state index in [0.717, 1.165) is 17.7 Å². The molecule has 0 saturated carbocycles. The Hall–Kier alpha value is -2.38. The highest BCUT2D eigenvalue weighted by atomic mass is 32.2. The summed E-state index contributed by atoms with van der Waals surface area (Å²) in [4.78, 5) is 11.6. The van der Waals surface area contributed by atoms with Gasteiger partial charge in [-0.3, -0.25) is 0 Å². The van der Waals surface area contributed by atoms with Crippen LogP contribution in [0.1, 0.15) is 36.2 Å². The van der Waals surface area contributed by atoms with Gasteiger partial charge in [-0.15, -0.1) is 0 Å². The van der Waals surface area contributed by atoms with Gasteiger partial charge in [0.15, 0.2) is 0 Å². The highest BCUT2D eigenvalue weighted by Crippen LogP contribution is 2.16. The van der Waals surface area contributed by atoms with E-state index < -0.39 is 16.0 Å². The fourth-order valence-electron chi connectivity index (χ4n) is 2.54. The molecule has 27 heavy (non-hydrogen) atoms. The van der Waals surface area contributed by atoms with E-state index in [-0.39, 0.29) is 16.6 Å². The number of benzene rings is 2. The van der Waals surface area contributed by atoms with Gasteiger partial charge in [0.1, 0.15) is 5.75 Å². The van der Waals surface area contributed by atoms with Crippen LogP contribution in [0.15, 0.2) is 53.4 Å². The number of rotatable bonds is 9. The van der Waals surface area contributed by atoms with Crippen LogP contribution < -0.4 is 9.46 Å². The first-order valence-corrected chi connectivity index (χ1v) is 10.2. The minimum absolute atomic E-state index is 0.0396. The third kappa shape index (κ3) is 6.37. The molecule has 0 saturated heterocycles. The number of carbonyl (C=O) groups is 1. The molecule has 0 atom stereocenters. The third-order valence-corrected chi connectivity index (χ3v) is 5.23. The molecule has 0 radical (unpaired) electrons. The van der Waals surface area contributed by atoms with Gasteiger partial charge < -0.3 is 9.47 Å². The molecule has 0 aliphatic rings. The fourth-order valence-corrected chi connectivity index (χ4v) is 3.66. The first-order valence-electron chi connectivity index (χ1n) is 8.75. The lowest BCUT2D eigenvalue weighted by atomic mass is 10.1. The molecule has 2 aromatic rings. The summed E-state index contributed by atoms with van der Waals surface area (Å²) in [6, 6.07) is 13.6. The van der Waals surface area contributed by atoms with Crippen LogP contribution in [0.3, 0.4) is 0 Å². The normalized spacial score (nSPS) is 11.4. The lowest BCUT2D eigenvalue weighted by molar-refractivity contribution is 0.0600. The van der Waals surface area contributed by atoms with Gasteiger partial charge in [-0.25, -0.2) is 17.9 Å². The number of carbonyl (C=O) groups excluding carboxylic acids is 1. The summed E-state index contributed by atoms with van der Waals surface area (Å²) in [5.41, 5.74) is 1.28. The Morgan fingerprint density at radius 2 is 1.85 bits per heavy atom. The van der Waals surface area contributed by atoms with Crippen LogP contribution in [0.5, 0.6) is 5.75 Å². The molecular weight excluding hydrogens is 366 g/mol. The zero-order valence-electron chi connectivity index (χ0n) is 15.8. The lowest BCUT2D eigenvalue weighted by Crippen LogP contribution is -2.25. The maximum atomic E-state index is 12.4. The second kappa shape index (κ2) is 9.53. The van der Waals surface area contributed by atoms with E-state index in [1.54, 1.807) is 0 Å². The number of methoxy groups -OCH3 is 1. The molecule has 0 aliphatic carbocycles. The zero-order valence-corrected chi connectivity index (χ0v) is 16.6. The molecular formula is C20H25NO5S. The van der Waals surface area contributed by atoms with Gasteiger partial charge >= 0.3 is 5.97 Å². The molecule has 2 rings (SSSR count). The second-order valence-corrected chi connectivity index (χ2v) is 8.10. The maximum absolute atomic E-state index is 12.4. The molecule has 0 aliphatic heterocycles. The summed E-state index contributed by atoms with van der Waals surface area (Å²) in [7, 11) is -2.43. The molecule has 0 amide bonds. The molecule has 146 valence electrons. The number of ether oxygens (including phenoxy) is 2. The SMILES string of the molecule is COC(=O)c1cccc(S(=O)(=O)NCCCc2cccc(OC(C)C)c2)c1. The van der Waals surface area contributed by atoms with Crippen LogP contribution in [0.25, 0.3) is 0 Å². The van der Waals surface area contributed by atoms with E-state index in [0.29, 0.717) is 13.0 Å². The number of esters is 1. The van der Waals surface area contributed by atoms with Crippen molar-refractivity contribution < 1.29 is 22.7 Å². The number of nitrogens with one attached hydrogen (secondary N) is 1. The average molecular weight is 391 g/mol.